The van der Waals surface area contributed by atoms with Crippen LogP contribution in [0.1, 0.15) is 18.8 Å². The van der Waals surface area contributed by atoms with E-state index in [4.69, 9.17) is 0 Å². The van der Waals surface area contributed by atoms with E-state index in [1.165, 1.54) is 0 Å². The van der Waals surface area contributed by atoms with E-state index in [2.05, 4.69) is 38.2 Å². The second-order valence-corrected chi connectivity index (χ2v) is 5.52. The highest BCUT2D eigenvalue weighted by molar-refractivity contribution is 5.73. The number of aromatic nitrogens is 3. The predicted molar refractivity (Wildman–Crippen MR) is 81.1 cm³/mol. The zero-order valence-electron chi connectivity index (χ0n) is 12.3. The summed E-state index contributed by atoms with van der Waals surface area (Å²) >= 11 is 0. The van der Waals surface area contributed by atoms with Crippen LogP contribution in [0.2, 0.25) is 0 Å². The van der Waals surface area contributed by atoms with Crippen LogP contribution < -0.4 is 10.2 Å². The maximum atomic E-state index is 4.68. The summed E-state index contributed by atoms with van der Waals surface area (Å²) in [5, 5.41) is 3.38. The minimum absolute atomic E-state index is 0.300. The number of H-pyrrole nitrogens is 1. The zero-order chi connectivity index (χ0) is 14.1. The van der Waals surface area contributed by atoms with Gasteiger partial charge in [-0.25, -0.2) is 9.97 Å². The Morgan fingerprint density at radius 3 is 2.65 bits per heavy atom. The molecule has 1 aliphatic rings. The molecule has 2 aromatic rings. The highest BCUT2D eigenvalue weighted by Gasteiger charge is 2.21. The number of imidazole rings is 1. The van der Waals surface area contributed by atoms with E-state index < -0.39 is 0 Å². The highest BCUT2D eigenvalue weighted by Crippen LogP contribution is 2.21. The second kappa shape index (κ2) is 5.38. The third-order valence-electron chi connectivity index (χ3n) is 3.90. The summed E-state index contributed by atoms with van der Waals surface area (Å²) in [6.45, 7) is 6.43. The number of pyridine rings is 1. The van der Waals surface area contributed by atoms with E-state index in [0.29, 0.717) is 6.04 Å². The monoisotopic (exact) mass is 274 g/mol. The van der Waals surface area contributed by atoms with E-state index in [-0.39, 0.29) is 0 Å². The van der Waals surface area contributed by atoms with Gasteiger partial charge in [-0.3, -0.25) is 4.90 Å². The Hall–Kier alpha value is -1.66. The summed E-state index contributed by atoms with van der Waals surface area (Å²) in [4.78, 5) is 17.1. The van der Waals surface area contributed by atoms with Gasteiger partial charge < -0.3 is 15.2 Å². The first-order valence-corrected chi connectivity index (χ1v) is 7.14. The van der Waals surface area contributed by atoms with E-state index in [1.54, 1.807) is 0 Å². The fraction of sp³-hybridized carbons (Fsp3) is 0.571. The third-order valence-corrected chi connectivity index (χ3v) is 3.90. The van der Waals surface area contributed by atoms with Crippen molar-refractivity contribution in [3.8, 4) is 0 Å². The van der Waals surface area contributed by atoms with Crippen LogP contribution in [0, 0.1) is 0 Å². The van der Waals surface area contributed by atoms with Crippen LogP contribution in [0.25, 0.3) is 11.2 Å². The topological polar surface area (TPSA) is 60.1 Å². The van der Waals surface area contributed by atoms with Crippen molar-refractivity contribution in [3.05, 3.63) is 18.0 Å². The molecular weight excluding hydrogens is 252 g/mol. The number of piperazine rings is 1. The Bertz CT molecular complexity index is 584. The number of fused-ring (bicyclic) bond motifs is 1. The van der Waals surface area contributed by atoms with Gasteiger partial charge in [0.25, 0.3) is 0 Å². The number of aromatic amines is 1. The minimum Gasteiger partial charge on any atom is -0.363 e. The van der Waals surface area contributed by atoms with Crippen molar-refractivity contribution in [1.29, 1.82) is 0 Å². The molecule has 1 unspecified atom stereocenters. The number of anilines is 1. The van der Waals surface area contributed by atoms with Crippen LogP contribution in [0.15, 0.2) is 12.1 Å². The largest absolute Gasteiger partial charge is 0.363 e. The lowest BCUT2D eigenvalue weighted by Crippen LogP contribution is -2.44. The average Bonchev–Trinajstić information content (AvgIpc) is 2.90. The number of nitrogens with one attached hydrogen (secondary N) is 2. The maximum absolute atomic E-state index is 4.68. The van der Waals surface area contributed by atoms with E-state index in [9.17, 15) is 0 Å². The molecule has 3 heterocycles. The van der Waals surface area contributed by atoms with Gasteiger partial charge in [0.2, 0.25) is 0 Å². The molecule has 20 heavy (non-hydrogen) atoms. The zero-order valence-corrected chi connectivity index (χ0v) is 12.3. The summed E-state index contributed by atoms with van der Waals surface area (Å²) in [5.74, 6) is 1.94. The van der Waals surface area contributed by atoms with Gasteiger partial charge in [-0.2, -0.15) is 0 Å². The molecule has 108 valence electrons. The normalized spacial score (nSPS) is 18.4. The Morgan fingerprint density at radius 1 is 1.20 bits per heavy atom. The molecule has 3 rings (SSSR count). The van der Waals surface area contributed by atoms with Crippen LogP contribution in [0.3, 0.4) is 0 Å². The third kappa shape index (κ3) is 2.48. The number of nitrogens with zero attached hydrogens (tertiary/aromatic N) is 4. The van der Waals surface area contributed by atoms with Gasteiger partial charge in [0, 0.05) is 40.3 Å². The fourth-order valence-corrected chi connectivity index (χ4v) is 2.59. The standard InChI is InChI=1S/C14H22N6/c1-10(20-8-6-15-7-9-20)13-16-11-4-5-12(19(2)3)17-14(11)18-13/h4-5,10,15H,6-9H2,1-3H3,(H,16,17,18). The van der Waals surface area contributed by atoms with E-state index >= 15 is 0 Å². The van der Waals surface area contributed by atoms with Crippen molar-refractivity contribution in [2.24, 2.45) is 0 Å². The van der Waals surface area contributed by atoms with Gasteiger partial charge in [0.1, 0.15) is 11.6 Å². The van der Waals surface area contributed by atoms with E-state index in [1.807, 2.05) is 25.1 Å². The molecule has 0 aromatic carbocycles. The molecule has 2 N–H and O–H groups in total. The molecule has 1 atom stereocenters. The van der Waals surface area contributed by atoms with Crippen LogP contribution in [0.5, 0.6) is 0 Å². The summed E-state index contributed by atoms with van der Waals surface area (Å²) in [6.07, 6.45) is 0. The maximum Gasteiger partial charge on any atom is 0.179 e. The molecule has 0 spiro atoms. The Labute approximate surface area is 119 Å². The molecule has 0 radical (unpaired) electrons. The summed E-state index contributed by atoms with van der Waals surface area (Å²) < 4.78 is 0. The van der Waals surface area contributed by atoms with Crippen molar-refractivity contribution in [3.63, 3.8) is 0 Å². The van der Waals surface area contributed by atoms with Crippen LogP contribution in [-0.4, -0.2) is 60.1 Å². The summed E-state index contributed by atoms with van der Waals surface area (Å²) in [5.41, 5.74) is 1.81. The number of hydrogen-bond acceptors (Lipinski definition) is 5. The number of rotatable bonds is 3. The fourth-order valence-electron chi connectivity index (χ4n) is 2.59. The van der Waals surface area contributed by atoms with Crippen molar-refractivity contribution in [2.45, 2.75) is 13.0 Å². The lowest BCUT2D eigenvalue weighted by atomic mass is 10.2. The first-order chi connectivity index (χ1) is 9.65. The molecule has 2 aromatic heterocycles. The molecule has 1 fully saturated rings. The molecule has 0 bridgehead atoms. The Kier molecular flexibility index (Phi) is 3.58. The molecule has 0 amide bonds. The van der Waals surface area contributed by atoms with Crippen molar-refractivity contribution in [2.75, 3.05) is 45.2 Å². The molecule has 0 saturated carbocycles. The molecule has 6 nitrogen and oxygen atoms in total. The van der Waals surface area contributed by atoms with Gasteiger partial charge in [-0.15, -0.1) is 0 Å². The molecule has 1 aliphatic heterocycles. The smallest absolute Gasteiger partial charge is 0.179 e. The first-order valence-electron chi connectivity index (χ1n) is 7.14. The summed E-state index contributed by atoms with van der Waals surface area (Å²) in [7, 11) is 3.98. The molecule has 0 aliphatic carbocycles. The SMILES string of the molecule is CC(c1nc2nc(N(C)C)ccc2[nH]1)N1CCNCC1. The van der Waals surface area contributed by atoms with Gasteiger partial charge in [-0.05, 0) is 19.1 Å². The highest BCUT2D eigenvalue weighted by atomic mass is 15.2. The quantitative estimate of drug-likeness (QED) is 0.874. The lowest BCUT2D eigenvalue weighted by Gasteiger charge is -2.31. The predicted octanol–water partition coefficient (Wildman–Crippen LogP) is 0.990. The summed E-state index contributed by atoms with van der Waals surface area (Å²) in [6, 6.07) is 4.37. The van der Waals surface area contributed by atoms with Crippen LogP contribution in [-0.2, 0) is 0 Å². The molecule has 1 saturated heterocycles. The molecule has 6 heteroatoms. The minimum atomic E-state index is 0.300. The van der Waals surface area contributed by atoms with Gasteiger partial charge >= 0.3 is 0 Å². The molecular formula is C14H22N6. The van der Waals surface area contributed by atoms with Gasteiger partial charge in [-0.1, -0.05) is 0 Å². The van der Waals surface area contributed by atoms with Gasteiger partial charge in [0.15, 0.2) is 5.65 Å². The van der Waals surface area contributed by atoms with Crippen molar-refractivity contribution in [1.82, 2.24) is 25.2 Å². The first kappa shape index (κ1) is 13.3. The second-order valence-electron chi connectivity index (χ2n) is 5.52. The van der Waals surface area contributed by atoms with Crippen LogP contribution in [0.4, 0.5) is 5.82 Å². The lowest BCUT2D eigenvalue weighted by molar-refractivity contribution is 0.180. The average molecular weight is 274 g/mol. The van der Waals surface area contributed by atoms with Crippen molar-refractivity contribution < 1.29 is 0 Å². The van der Waals surface area contributed by atoms with Crippen LogP contribution >= 0.6 is 0 Å². The van der Waals surface area contributed by atoms with Crippen molar-refractivity contribution >= 4 is 17.0 Å². The van der Waals surface area contributed by atoms with E-state index in [0.717, 1.165) is 49.0 Å². The Morgan fingerprint density at radius 2 is 1.95 bits per heavy atom. The Balaban J connectivity index is 1.87. The van der Waals surface area contributed by atoms with Gasteiger partial charge in [0.05, 0.1) is 11.6 Å². The number of hydrogen-bond donors (Lipinski definition) is 2.